The van der Waals surface area contributed by atoms with E-state index in [2.05, 4.69) is 17.6 Å². The van der Waals surface area contributed by atoms with E-state index in [0.717, 1.165) is 43.6 Å². The maximum atomic E-state index is 12.7. The number of rotatable bonds is 4. The molecular weight excluding hydrogens is 252 g/mol. The van der Waals surface area contributed by atoms with Crippen molar-refractivity contribution in [1.29, 1.82) is 0 Å². The van der Waals surface area contributed by atoms with Crippen LogP contribution in [0.3, 0.4) is 0 Å². The van der Waals surface area contributed by atoms with Crippen molar-refractivity contribution in [3.05, 3.63) is 29.8 Å². The molecule has 3 N–H and O–H groups in total. The Kier molecular flexibility index (Phi) is 4.78. The zero-order chi connectivity index (χ0) is 14.6. The third-order valence-electron chi connectivity index (χ3n) is 4.38. The van der Waals surface area contributed by atoms with Crippen LogP contribution in [0.25, 0.3) is 0 Å². The van der Waals surface area contributed by atoms with Gasteiger partial charge in [0.15, 0.2) is 0 Å². The fraction of sp³-hybridized carbons (Fsp3) is 0.562. The maximum absolute atomic E-state index is 12.7. The number of carbonyl (C=O) groups excluding carboxylic acids is 1. The van der Waals surface area contributed by atoms with E-state index in [0.29, 0.717) is 0 Å². The van der Waals surface area contributed by atoms with Crippen LogP contribution in [0.5, 0.6) is 0 Å². The lowest BCUT2D eigenvalue weighted by molar-refractivity contribution is -0.127. The Balaban J connectivity index is 2.18. The summed E-state index contributed by atoms with van der Waals surface area (Å²) >= 11 is 0. The molecule has 0 radical (unpaired) electrons. The standard InChI is InChI=1S/C16H24N2O2/c1-3-16(8-10-17-11-9-16)15(20)18-14-7-5-4-6-13(14)12(2)19/h4-7,12,17,19H,3,8-11H2,1-2H3,(H,18,20). The first-order valence-electron chi connectivity index (χ1n) is 7.38. The Labute approximate surface area is 120 Å². The second-order valence-electron chi connectivity index (χ2n) is 5.60. The Bertz CT molecular complexity index is 465. The lowest BCUT2D eigenvalue weighted by atomic mass is 9.76. The van der Waals surface area contributed by atoms with E-state index in [1.54, 1.807) is 6.92 Å². The molecule has 20 heavy (non-hydrogen) atoms. The molecule has 1 fully saturated rings. The average Bonchev–Trinajstić information content (AvgIpc) is 2.48. The van der Waals surface area contributed by atoms with Crippen LogP contribution < -0.4 is 10.6 Å². The van der Waals surface area contributed by atoms with Crippen molar-refractivity contribution in [1.82, 2.24) is 5.32 Å². The Hall–Kier alpha value is -1.39. The summed E-state index contributed by atoms with van der Waals surface area (Å²) < 4.78 is 0. The number of benzene rings is 1. The number of aliphatic hydroxyl groups excluding tert-OH is 1. The molecule has 0 saturated carbocycles. The fourth-order valence-electron chi connectivity index (χ4n) is 2.88. The van der Waals surface area contributed by atoms with E-state index in [9.17, 15) is 9.90 Å². The van der Waals surface area contributed by atoms with Crippen LogP contribution in [-0.2, 0) is 4.79 Å². The summed E-state index contributed by atoms with van der Waals surface area (Å²) in [6, 6.07) is 7.45. The van der Waals surface area contributed by atoms with E-state index < -0.39 is 6.10 Å². The number of para-hydroxylation sites is 1. The summed E-state index contributed by atoms with van der Waals surface area (Å²) in [5.41, 5.74) is 1.21. The Morgan fingerprint density at radius 1 is 1.40 bits per heavy atom. The highest BCUT2D eigenvalue weighted by Crippen LogP contribution is 2.34. The summed E-state index contributed by atoms with van der Waals surface area (Å²) in [6.45, 7) is 5.56. The van der Waals surface area contributed by atoms with Crippen LogP contribution in [-0.4, -0.2) is 24.1 Å². The summed E-state index contributed by atoms with van der Waals surface area (Å²) in [5.74, 6) is 0.0783. The first-order chi connectivity index (χ1) is 9.59. The first-order valence-corrected chi connectivity index (χ1v) is 7.38. The van der Waals surface area contributed by atoms with Crippen molar-refractivity contribution in [2.24, 2.45) is 5.41 Å². The van der Waals surface area contributed by atoms with Gasteiger partial charge in [0.25, 0.3) is 0 Å². The zero-order valence-electron chi connectivity index (χ0n) is 12.3. The molecule has 110 valence electrons. The molecule has 1 heterocycles. The molecule has 1 aromatic carbocycles. The van der Waals surface area contributed by atoms with Gasteiger partial charge in [-0.25, -0.2) is 0 Å². The van der Waals surface area contributed by atoms with Gasteiger partial charge in [0.05, 0.1) is 11.5 Å². The van der Waals surface area contributed by atoms with E-state index >= 15 is 0 Å². The molecule has 2 rings (SSSR count). The molecule has 1 aliphatic rings. The third kappa shape index (κ3) is 3.02. The predicted molar refractivity (Wildman–Crippen MR) is 80.5 cm³/mol. The van der Waals surface area contributed by atoms with E-state index in [1.165, 1.54) is 0 Å². The largest absolute Gasteiger partial charge is 0.389 e. The normalized spacial score (nSPS) is 19.4. The minimum absolute atomic E-state index is 0.0783. The second-order valence-corrected chi connectivity index (χ2v) is 5.60. The van der Waals surface area contributed by atoms with Gasteiger partial charge in [0.1, 0.15) is 0 Å². The highest BCUT2D eigenvalue weighted by Gasteiger charge is 2.37. The lowest BCUT2D eigenvalue weighted by Crippen LogP contribution is -2.44. The van der Waals surface area contributed by atoms with Crippen LogP contribution in [0, 0.1) is 5.41 Å². The molecule has 4 heteroatoms. The SMILES string of the molecule is CCC1(C(=O)Nc2ccccc2C(C)O)CCNCC1. The Morgan fingerprint density at radius 3 is 2.65 bits per heavy atom. The van der Waals surface area contributed by atoms with Crippen molar-refractivity contribution < 1.29 is 9.90 Å². The van der Waals surface area contributed by atoms with Gasteiger partial charge in [-0.3, -0.25) is 4.79 Å². The number of aliphatic hydroxyl groups is 1. The second kappa shape index (κ2) is 6.37. The monoisotopic (exact) mass is 276 g/mol. The van der Waals surface area contributed by atoms with Crippen LogP contribution >= 0.6 is 0 Å². The molecule has 0 bridgehead atoms. The number of piperidine rings is 1. The smallest absolute Gasteiger partial charge is 0.230 e. The minimum atomic E-state index is -0.586. The molecule has 1 atom stereocenters. The highest BCUT2D eigenvalue weighted by atomic mass is 16.3. The van der Waals surface area contributed by atoms with Gasteiger partial charge in [-0.2, -0.15) is 0 Å². The van der Waals surface area contributed by atoms with Crippen LogP contribution in [0.2, 0.25) is 0 Å². The molecule has 0 aliphatic carbocycles. The molecule has 1 amide bonds. The molecule has 1 saturated heterocycles. The maximum Gasteiger partial charge on any atom is 0.230 e. The Morgan fingerprint density at radius 2 is 2.05 bits per heavy atom. The minimum Gasteiger partial charge on any atom is -0.389 e. The van der Waals surface area contributed by atoms with Crippen molar-refractivity contribution in [2.75, 3.05) is 18.4 Å². The van der Waals surface area contributed by atoms with Gasteiger partial charge in [0, 0.05) is 11.3 Å². The van der Waals surface area contributed by atoms with Gasteiger partial charge in [-0.15, -0.1) is 0 Å². The summed E-state index contributed by atoms with van der Waals surface area (Å²) in [6.07, 6.45) is 1.99. The van der Waals surface area contributed by atoms with E-state index in [-0.39, 0.29) is 11.3 Å². The van der Waals surface area contributed by atoms with Gasteiger partial charge < -0.3 is 15.7 Å². The summed E-state index contributed by atoms with van der Waals surface area (Å²) in [4.78, 5) is 12.7. The molecular formula is C16H24N2O2. The molecule has 1 aromatic rings. The third-order valence-corrected chi connectivity index (χ3v) is 4.38. The summed E-state index contributed by atoms with van der Waals surface area (Å²) in [5, 5.41) is 16.1. The van der Waals surface area contributed by atoms with Crippen LogP contribution in [0.1, 0.15) is 44.8 Å². The molecule has 1 unspecified atom stereocenters. The number of hydrogen-bond acceptors (Lipinski definition) is 3. The molecule has 0 spiro atoms. The van der Waals surface area contributed by atoms with Crippen molar-refractivity contribution in [2.45, 2.75) is 39.2 Å². The van der Waals surface area contributed by atoms with Gasteiger partial charge in [0.2, 0.25) is 5.91 Å². The topological polar surface area (TPSA) is 61.4 Å². The first kappa shape index (κ1) is 15.0. The number of amides is 1. The van der Waals surface area contributed by atoms with Gasteiger partial charge >= 0.3 is 0 Å². The lowest BCUT2D eigenvalue weighted by Gasteiger charge is -2.35. The van der Waals surface area contributed by atoms with Gasteiger partial charge in [-0.1, -0.05) is 25.1 Å². The summed E-state index contributed by atoms with van der Waals surface area (Å²) in [7, 11) is 0. The predicted octanol–water partition coefficient (Wildman–Crippen LogP) is 2.46. The molecule has 0 aromatic heterocycles. The van der Waals surface area contributed by atoms with Gasteiger partial charge in [-0.05, 0) is 45.3 Å². The highest BCUT2D eigenvalue weighted by molar-refractivity contribution is 5.96. The average molecular weight is 276 g/mol. The fourth-order valence-corrected chi connectivity index (χ4v) is 2.88. The van der Waals surface area contributed by atoms with Crippen molar-refractivity contribution in [3.8, 4) is 0 Å². The van der Waals surface area contributed by atoms with Crippen LogP contribution in [0.15, 0.2) is 24.3 Å². The number of hydrogen-bond donors (Lipinski definition) is 3. The van der Waals surface area contributed by atoms with Crippen molar-refractivity contribution in [3.63, 3.8) is 0 Å². The van der Waals surface area contributed by atoms with Crippen molar-refractivity contribution >= 4 is 11.6 Å². The van der Waals surface area contributed by atoms with E-state index in [1.807, 2.05) is 24.3 Å². The quantitative estimate of drug-likeness (QED) is 0.791. The van der Waals surface area contributed by atoms with E-state index in [4.69, 9.17) is 0 Å². The zero-order valence-corrected chi connectivity index (χ0v) is 12.3. The van der Waals surface area contributed by atoms with Crippen LogP contribution in [0.4, 0.5) is 5.69 Å². The molecule has 1 aliphatic heterocycles. The molecule has 4 nitrogen and oxygen atoms in total. The number of anilines is 1. The number of carbonyl (C=O) groups is 1. The number of nitrogens with one attached hydrogen (secondary N) is 2.